The van der Waals surface area contributed by atoms with Gasteiger partial charge < -0.3 is 10.1 Å². The molecule has 0 amide bonds. The van der Waals surface area contributed by atoms with Crippen molar-refractivity contribution >= 4 is 27.2 Å². The fourth-order valence-electron chi connectivity index (χ4n) is 3.60. The summed E-state index contributed by atoms with van der Waals surface area (Å²) in [7, 11) is -2.73. The number of ether oxygens (including phenoxy) is 1. The second-order valence-electron chi connectivity index (χ2n) is 6.78. The monoisotopic (exact) mass is 428 g/mol. The number of nitrogens with one attached hydrogen (secondary N) is 1. The fourth-order valence-corrected chi connectivity index (χ4v) is 4.82. The van der Waals surface area contributed by atoms with Gasteiger partial charge >= 0.3 is 5.97 Å². The van der Waals surface area contributed by atoms with E-state index in [9.17, 15) is 23.3 Å². The third-order valence-electron chi connectivity index (χ3n) is 4.83. The summed E-state index contributed by atoms with van der Waals surface area (Å²) in [5.41, 5.74) is 1.02. The molecule has 1 heterocycles. The molecule has 1 aliphatic rings. The van der Waals surface area contributed by atoms with Gasteiger partial charge in [0.05, 0.1) is 34.1 Å². The molecule has 2 aromatic rings. The van der Waals surface area contributed by atoms with Gasteiger partial charge in [0, 0.05) is 23.6 Å². The fraction of sp³-hybridized carbons (Fsp3) is 0.190. The molecular weight excluding hydrogens is 408 g/mol. The molecule has 0 radical (unpaired) electrons. The van der Waals surface area contributed by atoms with Crippen LogP contribution in [0.15, 0.2) is 70.8 Å². The van der Waals surface area contributed by atoms with E-state index < -0.39 is 26.6 Å². The number of para-hydroxylation sites is 1. The Labute approximate surface area is 173 Å². The highest BCUT2D eigenvalue weighted by molar-refractivity contribution is 7.94. The summed E-state index contributed by atoms with van der Waals surface area (Å²) in [6.07, 6.45) is 1.02. The lowest BCUT2D eigenvalue weighted by atomic mass is 9.84. The molecule has 1 atom stereocenters. The first-order valence-corrected chi connectivity index (χ1v) is 10.8. The third-order valence-corrected chi connectivity index (χ3v) is 6.06. The van der Waals surface area contributed by atoms with Crippen LogP contribution in [0.2, 0.25) is 0 Å². The lowest BCUT2D eigenvalue weighted by Crippen LogP contribution is -2.31. The Bertz CT molecular complexity index is 1180. The number of esters is 1. The van der Waals surface area contributed by atoms with E-state index >= 15 is 0 Å². The maximum absolute atomic E-state index is 13.0. The minimum atomic E-state index is -3.91. The van der Waals surface area contributed by atoms with Gasteiger partial charge in [-0.3, -0.25) is 10.1 Å². The highest BCUT2D eigenvalue weighted by Crippen LogP contribution is 2.45. The lowest BCUT2D eigenvalue weighted by Gasteiger charge is -2.31. The van der Waals surface area contributed by atoms with Crippen molar-refractivity contribution in [2.24, 2.45) is 0 Å². The Balaban J connectivity index is 2.44. The molecular formula is C21H20N2O6S. The van der Waals surface area contributed by atoms with Gasteiger partial charge in [-0.05, 0) is 12.5 Å². The summed E-state index contributed by atoms with van der Waals surface area (Å²) in [6, 6.07) is 14.5. The SMILES string of the molecule is COC(=O)C1=C(C)NC(c2ccccc2)=C(S(C)(=O)=O)C1c1ccccc1[N+](=O)[O-]. The molecule has 0 saturated heterocycles. The zero-order valence-corrected chi connectivity index (χ0v) is 17.4. The smallest absolute Gasteiger partial charge is 0.336 e. The summed E-state index contributed by atoms with van der Waals surface area (Å²) in [5.74, 6) is -1.97. The van der Waals surface area contributed by atoms with E-state index in [0.717, 1.165) is 6.26 Å². The maximum Gasteiger partial charge on any atom is 0.336 e. The molecule has 0 aliphatic carbocycles. The molecule has 1 unspecified atom stereocenters. The first-order chi connectivity index (χ1) is 14.2. The topological polar surface area (TPSA) is 116 Å². The van der Waals surface area contributed by atoms with Crippen molar-refractivity contribution in [1.29, 1.82) is 0 Å². The first kappa shape index (κ1) is 21.3. The molecule has 156 valence electrons. The van der Waals surface area contributed by atoms with Crippen LogP contribution in [0.3, 0.4) is 0 Å². The molecule has 3 rings (SSSR count). The molecule has 1 N–H and O–H groups in total. The average Bonchev–Trinajstić information content (AvgIpc) is 2.72. The Morgan fingerprint density at radius 1 is 1.10 bits per heavy atom. The number of methoxy groups -OCH3 is 1. The highest BCUT2D eigenvalue weighted by atomic mass is 32.2. The summed E-state index contributed by atoms with van der Waals surface area (Å²) in [5, 5.41) is 14.7. The zero-order valence-electron chi connectivity index (χ0n) is 16.6. The second-order valence-corrected chi connectivity index (χ2v) is 8.77. The van der Waals surface area contributed by atoms with Gasteiger partial charge in [-0.15, -0.1) is 0 Å². The number of benzene rings is 2. The van der Waals surface area contributed by atoms with E-state index in [4.69, 9.17) is 4.74 Å². The van der Waals surface area contributed by atoms with E-state index in [1.54, 1.807) is 43.3 Å². The number of allylic oxidation sites excluding steroid dienone is 2. The molecule has 0 spiro atoms. The van der Waals surface area contributed by atoms with Crippen LogP contribution in [-0.2, 0) is 19.4 Å². The summed E-state index contributed by atoms with van der Waals surface area (Å²) >= 11 is 0. The predicted molar refractivity (Wildman–Crippen MR) is 112 cm³/mol. The summed E-state index contributed by atoms with van der Waals surface area (Å²) in [6.45, 7) is 1.61. The van der Waals surface area contributed by atoms with Crippen molar-refractivity contribution in [3.8, 4) is 0 Å². The van der Waals surface area contributed by atoms with Crippen molar-refractivity contribution in [3.05, 3.63) is 92.0 Å². The number of carbonyl (C=O) groups is 1. The van der Waals surface area contributed by atoms with E-state index in [2.05, 4.69) is 5.32 Å². The standard InChI is InChI=1S/C21H20N2O6S/c1-13-17(21(24)29-2)18(15-11-7-8-12-16(15)23(25)26)20(30(3,27)28)19(22-13)14-9-5-4-6-10-14/h4-12,18,22H,1-3H3. The number of nitro benzene ring substituents is 1. The van der Waals surface area contributed by atoms with Gasteiger partial charge in [0.15, 0.2) is 9.84 Å². The quantitative estimate of drug-likeness (QED) is 0.442. The molecule has 0 saturated carbocycles. The molecule has 2 aromatic carbocycles. The van der Waals surface area contributed by atoms with Crippen molar-refractivity contribution in [2.75, 3.05) is 13.4 Å². The molecule has 1 aliphatic heterocycles. The molecule has 0 aromatic heterocycles. The Hall–Kier alpha value is -3.46. The molecule has 0 fully saturated rings. The second kappa shape index (κ2) is 8.11. The molecule has 0 bridgehead atoms. The lowest BCUT2D eigenvalue weighted by molar-refractivity contribution is -0.385. The van der Waals surface area contributed by atoms with Crippen LogP contribution in [0.25, 0.3) is 5.70 Å². The number of nitrogens with zero attached hydrogens (tertiary/aromatic N) is 1. The van der Waals surface area contributed by atoms with E-state index in [1.807, 2.05) is 0 Å². The van der Waals surface area contributed by atoms with Crippen molar-refractivity contribution in [1.82, 2.24) is 5.32 Å². The predicted octanol–water partition coefficient (Wildman–Crippen LogP) is 3.14. The van der Waals surface area contributed by atoms with Crippen LogP contribution in [0, 0.1) is 10.1 Å². The van der Waals surface area contributed by atoms with Gasteiger partial charge in [-0.1, -0.05) is 48.5 Å². The van der Waals surface area contributed by atoms with Gasteiger partial charge in [0.1, 0.15) is 0 Å². The van der Waals surface area contributed by atoms with Gasteiger partial charge in [-0.25, -0.2) is 13.2 Å². The van der Waals surface area contributed by atoms with E-state index in [-0.39, 0.29) is 27.4 Å². The van der Waals surface area contributed by atoms with Crippen LogP contribution in [0.5, 0.6) is 0 Å². The van der Waals surface area contributed by atoms with Crippen LogP contribution < -0.4 is 5.32 Å². The van der Waals surface area contributed by atoms with Crippen molar-refractivity contribution in [3.63, 3.8) is 0 Å². The number of nitro groups is 1. The van der Waals surface area contributed by atoms with Gasteiger partial charge in [0.25, 0.3) is 5.69 Å². The number of dihydropyridines is 1. The zero-order chi connectivity index (χ0) is 22.1. The number of rotatable bonds is 5. The highest BCUT2D eigenvalue weighted by Gasteiger charge is 2.42. The number of carbonyl (C=O) groups excluding carboxylic acids is 1. The third kappa shape index (κ3) is 3.84. The Morgan fingerprint density at radius 3 is 2.27 bits per heavy atom. The Morgan fingerprint density at radius 2 is 1.70 bits per heavy atom. The van der Waals surface area contributed by atoms with E-state index in [1.165, 1.54) is 25.3 Å². The maximum atomic E-state index is 13.0. The van der Waals surface area contributed by atoms with E-state index in [0.29, 0.717) is 11.3 Å². The van der Waals surface area contributed by atoms with Crippen LogP contribution in [0.1, 0.15) is 24.0 Å². The minimum absolute atomic E-state index is 0.00639. The van der Waals surface area contributed by atoms with Gasteiger partial charge in [0.2, 0.25) is 0 Å². The van der Waals surface area contributed by atoms with Crippen molar-refractivity contribution in [2.45, 2.75) is 12.8 Å². The summed E-state index contributed by atoms with van der Waals surface area (Å²) < 4.78 is 30.8. The van der Waals surface area contributed by atoms with Crippen molar-refractivity contribution < 1.29 is 22.9 Å². The molecule has 8 nitrogen and oxygen atoms in total. The van der Waals surface area contributed by atoms with Crippen LogP contribution in [0.4, 0.5) is 5.69 Å². The number of hydrogen-bond donors (Lipinski definition) is 1. The van der Waals surface area contributed by atoms with Crippen LogP contribution >= 0.6 is 0 Å². The number of sulfone groups is 1. The summed E-state index contributed by atoms with van der Waals surface area (Å²) in [4.78, 5) is 23.6. The van der Waals surface area contributed by atoms with Crippen LogP contribution in [-0.4, -0.2) is 32.7 Å². The Kier molecular flexibility index (Phi) is 5.75. The largest absolute Gasteiger partial charge is 0.466 e. The first-order valence-electron chi connectivity index (χ1n) is 8.96. The minimum Gasteiger partial charge on any atom is -0.466 e. The normalized spacial score (nSPS) is 16.8. The number of hydrogen-bond acceptors (Lipinski definition) is 7. The average molecular weight is 428 g/mol. The molecule has 9 heteroatoms. The molecule has 30 heavy (non-hydrogen) atoms. The van der Waals surface area contributed by atoms with Gasteiger partial charge in [-0.2, -0.15) is 0 Å².